The lowest BCUT2D eigenvalue weighted by Crippen LogP contribution is -2.24. The molecule has 10 nitrogen and oxygen atoms in total. The fraction of sp³-hybridized carbons (Fsp3) is 0.333. The van der Waals surface area contributed by atoms with Crippen molar-refractivity contribution in [3.05, 3.63) is 69.4 Å². The van der Waals surface area contributed by atoms with Gasteiger partial charge in [-0.05, 0) is 42.2 Å². The van der Waals surface area contributed by atoms with Gasteiger partial charge in [0.25, 0.3) is 11.6 Å². The first-order chi connectivity index (χ1) is 16.4. The highest BCUT2D eigenvalue weighted by Crippen LogP contribution is 2.29. The van der Waals surface area contributed by atoms with E-state index in [-0.39, 0.29) is 11.6 Å². The van der Waals surface area contributed by atoms with Crippen LogP contribution in [0.2, 0.25) is 0 Å². The van der Waals surface area contributed by atoms with Gasteiger partial charge in [-0.15, -0.1) is 0 Å². The van der Waals surface area contributed by atoms with Crippen LogP contribution in [0.3, 0.4) is 0 Å². The summed E-state index contributed by atoms with van der Waals surface area (Å²) < 4.78 is 5.51. The molecule has 180 valence electrons. The van der Waals surface area contributed by atoms with Crippen molar-refractivity contribution in [3.8, 4) is 5.75 Å². The number of H-pyrrole nitrogens is 1. The number of nitro groups is 1. The number of carboxylic acid groups (broad SMARTS) is 1. The Morgan fingerprint density at radius 3 is 2.44 bits per heavy atom. The van der Waals surface area contributed by atoms with Gasteiger partial charge in [0.1, 0.15) is 5.75 Å². The van der Waals surface area contributed by atoms with Gasteiger partial charge in [0.2, 0.25) is 0 Å². The van der Waals surface area contributed by atoms with E-state index in [1.165, 1.54) is 6.07 Å². The molecule has 1 heterocycles. The van der Waals surface area contributed by atoms with Crippen LogP contribution in [0.4, 0.5) is 10.5 Å². The van der Waals surface area contributed by atoms with Gasteiger partial charge in [-0.25, -0.2) is 4.79 Å². The maximum Gasteiger partial charge on any atom is 0.404 e. The number of nitrogens with one attached hydrogen (secondary N) is 3. The molecule has 0 atom stereocenters. The zero-order valence-electron chi connectivity index (χ0n) is 18.9. The van der Waals surface area contributed by atoms with Crippen LogP contribution in [0.5, 0.6) is 5.75 Å². The molecular formula is C24H28N4O6. The van der Waals surface area contributed by atoms with E-state index >= 15 is 0 Å². The van der Waals surface area contributed by atoms with Gasteiger partial charge in [0.05, 0.1) is 12.0 Å². The van der Waals surface area contributed by atoms with Crippen molar-refractivity contribution in [2.24, 2.45) is 0 Å². The van der Waals surface area contributed by atoms with Gasteiger partial charge in [-0.3, -0.25) is 14.9 Å². The molecule has 0 spiro atoms. The minimum absolute atomic E-state index is 0.0317. The van der Waals surface area contributed by atoms with Crippen molar-refractivity contribution in [1.29, 1.82) is 0 Å². The van der Waals surface area contributed by atoms with E-state index < -0.39 is 11.0 Å². The zero-order valence-corrected chi connectivity index (χ0v) is 18.9. The molecule has 0 aliphatic carbocycles. The Hall–Kier alpha value is -4.08. The monoisotopic (exact) mass is 468 g/mol. The van der Waals surface area contributed by atoms with Crippen molar-refractivity contribution in [3.63, 3.8) is 0 Å². The normalized spacial score (nSPS) is 10.7. The van der Waals surface area contributed by atoms with Gasteiger partial charge >= 0.3 is 6.09 Å². The number of amides is 2. The molecule has 0 aliphatic rings. The molecule has 2 amide bonds. The van der Waals surface area contributed by atoms with Crippen molar-refractivity contribution in [2.75, 3.05) is 20.2 Å². The fourth-order valence-corrected chi connectivity index (χ4v) is 3.77. The second kappa shape index (κ2) is 11.7. The molecule has 0 aliphatic heterocycles. The first-order valence-corrected chi connectivity index (χ1v) is 11.1. The number of carbonyl (C=O) groups excluding carboxylic acids is 1. The zero-order chi connectivity index (χ0) is 24.5. The quantitative estimate of drug-likeness (QED) is 0.178. The van der Waals surface area contributed by atoms with E-state index in [2.05, 4.69) is 15.6 Å². The van der Waals surface area contributed by atoms with Crippen LogP contribution in [0.1, 0.15) is 47.2 Å². The third-order valence-electron chi connectivity index (χ3n) is 5.56. The summed E-state index contributed by atoms with van der Waals surface area (Å²) in [5.74, 6) is 0.374. The first kappa shape index (κ1) is 24.6. The van der Waals surface area contributed by atoms with E-state index in [9.17, 15) is 19.7 Å². The van der Waals surface area contributed by atoms with Gasteiger partial charge in [-0.2, -0.15) is 0 Å². The summed E-state index contributed by atoms with van der Waals surface area (Å²) in [6.07, 6.45) is 4.65. The van der Waals surface area contributed by atoms with Crippen molar-refractivity contribution >= 4 is 28.6 Å². The highest BCUT2D eigenvalue weighted by Gasteiger charge is 2.14. The van der Waals surface area contributed by atoms with E-state index in [1.54, 1.807) is 31.4 Å². The number of nitro benzene ring substituents is 1. The number of methoxy groups -OCH3 is 1. The summed E-state index contributed by atoms with van der Waals surface area (Å²) >= 11 is 0. The van der Waals surface area contributed by atoms with Crippen LogP contribution in [0.15, 0.2) is 42.6 Å². The Labute approximate surface area is 196 Å². The largest absolute Gasteiger partial charge is 0.496 e. The molecule has 0 saturated heterocycles. The fourth-order valence-electron chi connectivity index (χ4n) is 3.77. The number of hydrogen-bond acceptors (Lipinski definition) is 5. The van der Waals surface area contributed by atoms with Crippen molar-refractivity contribution in [2.45, 2.75) is 32.1 Å². The van der Waals surface area contributed by atoms with Crippen LogP contribution in [-0.4, -0.2) is 47.2 Å². The lowest BCUT2D eigenvalue weighted by molar-refractivity contribution is -0.384. The number of rotatable bonds is 12. The topological polar surface area (TPSA) is 147 Å². The summed E-state index contributed by atoms with van der Waals surface area (Å²) in [4.78, 5) is 36.7. The summed E-state index contributed by atoms with van der Waals surface area (Å²) in [5, 5.41) is 25.6. The smallest absolute Gasteiger partial charge is 0.404 e. The number of hydrogen-bond donors (Lipinski definition) is 4. The molecule has 2 aromatic carbocycles. The lowest BCUT2D eigenvalue weighted by atomic mass is 10.0. The number of unbranched alkanes of at least 4 members (excludes halogenated alkanes) is 3. The standard InChI is InChI=1S/C24H28N4O6/c1-34-22-13-17(23(29)25-10-4-2-3-5-11-26-24(30)31)7-6-16(22)12-18-15-27-21-9-8-19(28(32)33)14-20(18)21/h6-9,13-15,26-27H,2-5,10-12H2,1H3,(H,25,29)(H,30,31). The molecule has 4 N–H and O–H groups in total. The molecule has 3 aromatic rings. The maximum absolute atomic E-state index is 12.5. The second-order valence-corrected chi connectivity index (χ2v) is 7.91. The Balaban J connectivity index is 1.58. The van der Waals surface area contributed by atoms with Gasteiger partial charge < -0.3 is 25.5 Å². The first-order valence-electron chi connectivity index (χ1n) is 11.1. The van der Waals surface area contributed by atoms with Crippen LogP contribution < -0.4 is 15.4 Å². The number of ether oxygens (including phenoxy) is 1. The maximum atomic E-state index is 12.5. The van der Waals surface area contributed by atoms with Crippen molar-refractivity contribution < 1.29 is 24.4 Å². The Morgan fingerprint density at radius 2 is 1.76 bits per heavy atom. The summed E-state index contributed by atoms with van der Waals surface area (Å²) in [7, 11) is 1.54. The van der Waals surface area contributed by atoms with Gasteiger partial charge in [0, 0.05) is 54.3 Å². The summed E-state index contributed by atoms with van der Waals surface area (Å²) in [5.41, 5.74) is 3.09. The third-order valence-corrected chi connectivity index (χ3v) is 5.56. The highest BCUT2D eigenvalue weighted by molar-refractivity contribution is 5.94. The molecular weight excluding hydrogens is 440 g/mol. The van der Waals surface area contributed by atoms with E-state index in [1.807, 2.05) is 12.3 Å². The Bertz CT molecular complexity index is 1170. The third kappa shape index (κ3) is 6.47. The molecule has 0 fully saturated rings. The average molecular weight is 469 g/mol. The predicted octanol–water partition coefficient (Wildman–Crippen LogP) is 4.23. The van der Waals surface area contributed by atoms with Crippen molar-refractivity contribution in [1.82, 2.24) is 15.6 Å². The molecule has 0 bridgehead atoms. The highest BCUT2D eigenvalue weighted by atomic mass is 16.6. The van der Waals surface area contributed by atoms with E-state index in [0.29, 0.717) is 30.8 Å². The summed E-state index contributed by atoms with van der Waals surface area (Å²) in [6.45, 7) is 0.965. The molecule has 34 heavy (non-hydrogen) atoms. The molecule has 10 heteroatoms. The SMILES string of the molecule is COc1cc(C(=O)NCCCCCCNC(=O)O)ccc1Cc1c[nH]c2ccc([N+](=O)[O-])cc12. The van der Waals surface area contributed by atoms with Crippen LogP contribution in [-0.2, 0) is 6.42 Å². The van der Waals surface area contributed by atoms with E-state index in [4.69, 9.17) is 9.84 Å². The second-order valence-electron chi connectivity index (χ2n) is 7.91. The number of carbonyl (C=O) groups is 2. The van der Waals surface area contributed by atoms with Crippen LogP contribution in [0, 0.1) is 10.1 Å². The number of aromatic amines is 1. The number of benzene rings is 2. The number of nitrogens with zero attached hydrogens (tertiary/aromatic N) is 1. The molecule has 3 rings (SSSR count). The minimum Gasteiger partial charge on any atom is -0.496 e. The number of aromatic nitrogens is 1. The predicted molar refractivity (Wildman–Crippen MR) is 128 cm³/mol. The molecule has 1 aromatic heterocycles. The minimum atomic E-state index is -1.01. The van der Waals surface area contributed by atoms with E-state index in [0.717, 1.165) is 47.7 Å². The van der Waals surface area contributed by atoms with Gasteiger partial charge in [-0.1, -0.05) is 18.9 Å². The Kier molecular flexibility index (Phi) is 8.44. The lowest BCUT2D eigenvalue weighted by Gasteiger charge is -2.11. The number of non-ortho nitro benzene ring substituents is 1. The van der Waals surface area contributed by atoms with Crippen LogP contribution in [0.25, 0.3) is 10.9 Å². The average Bonchev–Trinajstić information content (AvgIpc) is 3.22. The molecule has 0 saturated carbocycles. The Morgan fingerprint density at radius 1 is 1.03 bits per heavy atom. The molecule has 0 radical (unpaired) electrons. The van der Waals surface area contributed by atoms with Gasteiger partial charge in [0.15, 0.2) is 0 Å². The molecule has 0 unspecified atom stereocenters. The van der Waals surface area contributed by atoms with Crippen LogP contribution >= 0.6 is 0 Å². The summed E-state index contributed by atoms with van der Waals surface area (Å²) in [6, 6.07) is 9.97. The number of fused-ring (bicyclic) bond motifs is 1.